The van der Waals surface area contributed by atoms with Gasteiger partial charge in [-0.05, 0) is 20.5 Å². The van der Waals surface area contributed by atoms with E-state index in [1.807, 2.05) is 19.0 Å². The largest absolute Gasteiger partial charge is 0.373 e. The minimum atomic E-state index is -0.386. The van der Waals surface area contributed by atoms with Crippen LogP contribution >= 0.6 is 0 Å². The van der Waals surface area contributed by atoms with Gasteiger partial charge in [0, 0.05) is 26.2 Å². The van der Waals surface area contributed by atoms with Gasteiger partial charge in [0.1, 0.15) is 6.04 Å². The first-order chi connectivity index (χ1) is 9.06. The highest BCUT2D eigenvalue weighted by Gasteiger charge is 2.30. The maximum atomic E-state index is 12.1. The number of urea groups is 1. The predicted octanol–water partition coefficient (Wildman–Crippen LogP) is -1.15. The summed E-state index contributed by atoms with van der Waals surface area (Å²) in [6.45, 7) is 3.11. The van der Waals surface area contributed by atoms with Gasteiger partial charge < -0.3 is 25.2 Å². The average molecular weight is 270 g/mol. The van der Waals surface area contributed by atoms with Crippen molar-refractivity contribution in [1.29, 1.82) is 0 Å². The third-order valence-corrected chi connectivity index (χ3v) is 3.34. The van der Waals surface area contributed by atoms with Crippen LogP contribution in [0.4, 0.5) is 4.79 Å². The van der Waals surface area contributed by atoms with Gasteiger partial charge in [0.25, 0.3) is 0 Å². The zero-order chi connectivity index (χ0) is 13.8. The van der Waals surface area contributed by atoms with Crippen LogP contribution in [0.25, 0.3) is 0 Å². The van der Waals surface area contributed by atoms with Crippen LogP contribution < -0.4 is 10.6 Å². The van der Waals surface area contributed by atoms with Gasteiger partial charge in [-0.15, -0.1) is 0 Å². The van der Waals surface area contributed by atoms with Gasteiger partial charge in [-0.3, -0.25) is 4.79 Å². The number of carbonyl (C=O) groups excluding carboxylic acids is 2. The number of amides is 3. The summed E-state index contributed by atoms with van der Waals surface area (Å²) >= 11 is 0. The fraction of sp³-hybridized carbons (Fsp3) is 0.833. The van der Waals surface area contributed by atoms with E-state index in [-0.39, 0.29) is 24.1 Å². The Morgan fingerprint density at radius 3 is 3.00 bits per heavy atom. The van der Waals surface area contributed by atoms with E-state index in [9.17, 15) is 9.59 Å². The van der Waals surface area contributed by atoms with E-state index >= 15 is 0 Å². The van der Waals surface area contributed by atoms with Crippen molar-refractivity contribution < 1.29 is 14.3 Å². The Hall–Kier alpha value is -1.34. The number of morpholine rings is 1. The molecular weight excluding hydrogens is 248 g/mol. The van der Waals surface area contributed by atoms with Crippen LogP contribution in [0, 0.1) is 0 Å². The smallest absolute Gasteiger partial charge is 0.318 e. The number of carbonyl (C=O) groups is 2. The molecule has 7 nitrogen and oxygen atoms in total. The molecule has 2 heterocycles. The summed E-state index contributed by atoms with van der Waals surface area (Å²) < 4.78 is 5.62. The lowest BCUT2D eigenvalue weighted by Gasteiger charge is -2.34. The molecule has 2 atom stereocenters. The molecule has 2 aliphatic heterocycles. The van der Waals surface area contributed by atoms with E-state index in [0.717, 1.165) is 6.54 Å². The normalized spacial score (nSPS) is 27.5. The zero-order valence-corrected chi connectivity index (χ0v) is 11.5. The number of likely N-dealkylation sites (N-methyl/N-ethyl adjacent to an activating group) is 1. The summed E-state index contributed by atoms with van der Waals surface area (Å²) in [6.07, 6.45) is 0.697. The van der Waals surface area contributed by atoms with Crippen molar-refractivity contribution in [2.75, 3.05) is 46.9 Å². The molecule has 2 unspecified atom stereocenters. The van der Waals surface area contributed by atoms with E-state index in [0.29, 0.717) is 32.7 Å². The third-order valence-electron chi connectivity index (χ3n) is 3.34. The van der Waals surface area contributed by atoms with Crippen molar-refractivity contribution in [2.45, 2.75) is 18.6 Å². The van der Waals surface area contributed by atoms with E-state index in [1.54, 1.807) is 4.90 Å². The molecule has 108 valence electrons. The molecule has 0 aromatic heterocycles. The Kier molecular flexibility index (Phi) is 4.60. The van der Waals surface area contributed by atoms with Crippen LogP contribution in [0.5, 0.6) is 0 Å². The van der Waals surface area contributed by atoms with Crippen molar-refractivity contribution in [2.24, 2.45) is 0 Å². The van der Waals surface area contributed by atoms with Gasteiger partial charge in [0.05, 0.1) is 12.7 Å². The van der Waals surface area contributed by atoms with Gasteiger partial charge in [-0.2, -0.15) is 0 Å². The van der Waals surface area contributed by atoms with Crippen LogP contribution in [0.1, 0.15) is 6.42 Å². The van der Waals surface area contributed by atoms with E-state index < -0.39 is 0 Å². The van der Waals surface area contributed by atoms with Crippen molar-refractivity contribution in [3.8, 4) is 0 Å². The van der Waals surface area contributed by atoms with Gasteiger partial charge in [-0.1, -0.05) is 0 Å². The molecule has 0 radical (unpaired) electrons. The number of ether oxygens (including phenoxy) is 1. The number of nitrogens with zero attached hydrogens (tertiary/aromatic N) is 2. The van der Waals surface area contributed by atoms with Crippen LogP contribution in [-0.4, -0.2) is 80.8 Å². The zero-order valence-electron chi connectivity index (χ0n) is 11.5. The van der Waals surface area contributed by atoms with Gasteiger partial charge in [0.15, 0.2) is 0 Å². The highest BCUT2D eigenvalue weighted by molar-refractivity contribution is 5.88. The molecule has 2 fully saturated rings. The third kappa shape index (κ3) is 3.81. The SMILES string of the molecule is CN(C)CC1CN(C(=O)NC2CCNC2=O)CCO1. The molecule has 0 saturated carbocycles. The minimum Gasteiger partial charge on any atom is -0.373 e. The van der Waals surface area contributed by atoms with Gasteiger partial charge >= 0.3 is 6.03 Å². The molecule has 0 aromatic carbocycles. The number of nitrogens with one attached hydrogen (secondary N) is 2. The van der Waals surface area contributed by atoms with Gasteiger partial charge in [-0.25, -0.2) is 4.79 Å². The van der Waals surface area contributed by atoms with E-state index in [2.05, 4.69) is 10.6 Å². The molecule has 2 N–H and O–H groups in total. The topological polar surface area (TPSA) is 73.9 Å². The van der Waals surface area contributed by atoms with Crippen LogP contribution in [0.15, 0.2) is 0 Å². The van der Waals surface area contributed by atoms with Crippen molar-refractivity contribution in [1.82, 2.24) is 20.4 Å². The Labute approximate surface area is 113 Å². The molecule has 2 rings (SSSR count). The Balaban J connectivity index is 1.83. The van der Waals surface area contributed by atoms with Crippen LogP contribution in [0.3, 0.4) is 0 Å². The molecule has 7 heteroatoms. The monoisotopic (exact) mass is 270 g/mol. The minimum absolute atomic E-state index is 0.0342. The fourth-order valence-corrected chi connectivity index (χ4v) is 2.39. The summed E-state index contributed by atoms with van der Waals surface area (Å²) in [4.78, 5) is 27.3. The summed E-state index contributed by atoms with van der Waals surface area (Å²) in [5.41, 5.74) is 0. The quantitative estimate of drug-likeness (QED) is 0.679. The lowest BCUT2D eigenvalue weighted by atomic mass is 10.2. The lowest BCUT2D eigenvalue weighted by molar-refractivity contribution is -0.120. The second kappa shape index (κ2) is 6.21. The summed E-state index contributed by atoms with van der Waals surface area (Å²) in [5.74, 6) is -0.0912. The molecule has 3 amide bonds. The molecule has 2 aliphatic rings. The Morgan fingerprint density at radius 1 is 1.58 bits per heavy atom. The van der Waals surface area contributed by atoms with Crippen molar-refractivity contribution >= 4 is 11.9 Å². The standard InChI is InChI=1S/C12H22N4O3/c1-15(2)7-9-8-16(5-6-19-9)12(18)14-10-3-4-13-11(10)17/h9-10H,3-8H2,1-2H3,(H,13,17)(H,14,18). The second-order valence-electron chi connectivity index (χ2n) is 5.28. The maximum Gasteiger partial charge on any atom is 0.318 e. The molecule has 0 aliphatic carbocycles. The van der Waals surface area contributed by atoms with Crippen LogP contribution in [0.2, 0.25) is 0 Å². The summed E-state index contributed by atoms with van der Waals surface area (Å²) in [6, 6.07) is -0.559. The molecular formula is C12H22N4O3. The Bertz CT molecular complexity index is 348. The molecule has 0 aromatic rings. The molecule has 19 heavy (non-hydrogen) atoms. The number of rotatable bonds is 3. The van der Waals surface area contributed by atoms with Crippen molar-refractivity contribution in [3.63, 3.8) is 0 Å². The second-order valence-corrected chi connectivity index (χ2v) is 5.28. The summed E-state index contributed by atoms with van der Waals surface area (Å²) in [7, 11) is 3.95. The highest BCUT2D eigenvalue weighted by atomic mass is 16.5. The van der Waals surface area contributed by atoms with E-state index in [4.69, 9.17) is 4.74 Å². The van der Waals surface area contributed by atoms with Gasteiger partial charge in [0.2, 0.25) is 5.91 Å². The lowest BCUT2D eigenvalue weighted by Crippen LogP contribution is -2.54. The first-order valence-electron chi connectivity index (χ1n) is 6.65. The summed E-state index contributed by atoms with van der Waals surface area (Å²) in [5, 5.41) is 5.49. The Morgan fingerprint density at radius 2 is 2.37 bits per heavy atom. The van der Waals surface area contributed by atoms with Crippen LogP contribution in [-0.2, 0) is 9.53 Å². The fourth-order valence-electron chi connectivity index (χ4n) is 2.39. The number of hydrogen-bond donors (Lipinski definition) is 2. The molecule has 0 bridgehead atoms. The maximum absolute atomic E-state index is 12.1. The molecule has 2 saturated heterocycles. The first-order valence-corrected chi connectivity index (χ1v) is 6.65. The average Bonchev–Trinajstić information content (AvgIpc) is 2.74. The van der Waals surface area contributed by atoms with E-state index in [1.165, 1.54) is 0 Å². The first kappa shape index (κ1) is 14.1. The highest BCUT2D eigenvalue weighted by Crippen LogP contribution is 2.08. The number of hydrogen-bond acceptors (Lipinski definition) is 4. The molecule has 0 spiro atoms. The van der Waals surface area contributed by atoms with Crippen molar-refractivity contribution in [3.05, 3.63) is 0 Å². The predicted molar refractivity (Wildman–Crippen MR) is 69.8 cm³/mol.